The lowest BCUT2D eigenvalue weighted by Gasteiger charge is -2.14. The number of nitrogens with two attached hydrogens (primary N) is 1. The number of amides is 1. The van der Waals surface area contributed by atoms with Crippen molar-refractivity contribution in [1.82, 2.24) is 0 Å². The summed E-state index contributed by atoms with van der Waals surface area (Å²) in [5.74, 6) is 1.10. The van der Waals surface area contributed by atoms with Crippen molar-refractivity contribution < 1.29 is 9.53 Å². The number of nitrogens with one attached hydrogen (secondary N) is 1. The second-order valence-corrected chi connectivity index (χ2v) is 5.05. The highest BCUT2D eigenvalue weighted by Crippen LogP contribution is 2.33. The van der Waals surface area contributed by atoms with Crippen LogP contribution in [0, 0.1) is 0 Å². The van der Waals surface area contributed by atoms with Gasteiger partial charge < -0.3 is 15.8 Å². The predicted molar refractivity (Wildman–Crippen MR) is 82.9 cm³/mol. The molecule has 0 atom stereocenters. The second kappa shape index (κ2) is 6.54. The van der Waals surface area contributed by atoms with Gasteiger partial charge in [-0.1, -0.05) is 34.1 Å². The number of benzene rings is 2. The molecule has 1 amide bonds. The molecule has 5 heteroatoms. The van der Waals surface area contributed by atoms with E-state index < -0.39 is 0 Å². The monoisotopic (exact) mass is 334 g/mol. The van der Waals surface area contributed by atoms with E-state index in [-0.39, 0.29) is 5.91 Å². The van der Waals surface area contributed by atoms with E-state index in [0.717, 1.165) is 10.0 Å². The number of carbonyl (C=O) groups excluding carboxylic acids is 1. The summed E-state index contributed by atoms with van der Waals surface area (Å²) in [5.41, 5.74) is 7.25. The molecule has 2 aromatic rings. The maximum Gasteiger partial charge on any atom is 0.221 e. The Bertz CT molecular complexity index is 629. The van der Waals surface area contributed by atoms with Crippen LogP contribution in [0.1, 0.15) is 12.5 Å². The normalized spacial score (nSPS) is 10.2. The lowest BCUT2D eigenvalue weighted by molar-refractivity contribution is -0.114. The molecule has 0 unspecified atom stereocenters. The van der Waals surface area contributed by atoms with Gasteiger partial charge in [-0.25, -0.2) is 0 Å². The van der Waals surface area contributed by atoms with Gasteiger partial charge in [-0.05, 0) is 24.3 Å². The summed E-state index contributed by atoms with van der Waals surface area (Å²) in [7, 11) is 0. The van der Waals surface area contributed by atoms with E-state index in [0.29, 0.717) is 23.7 Å². The van der Waals surface area contributed by atoms with Crippen LogP contribution in [0.2, 0.25) is 0 Å². The summed E-state index contributed by atoms with van der Waals surface area (Å²) in [6.07, 6.45) is 0. The first-order valence-corrected chi connectivity index (χ1v) is 6.93. The van der Waals surface area contributed by atoms with E-state index in [1.807, 2.05) is 30.3 Å². The smallest absolute Gasteiger partial charge is 0.221 e. The molecule has 104 valence electrons. The summed E-state index contributed by atoms with van der Waals surface area (Å²) >= 11 is 3.45. The highest BCUT2D eigenvalue weighted by Gasteiger charge is 2.10. The number of rotatable bonds is 4. The third-order valence-electron chi connectivity index (χ3n) is 2.70. The van der Waals surface area contributed by atoms with Gasteiger partial charge in [-0.3, -0.25) is 4.79 Å². The quantitative estimate of drug-likeness (QED) is 0.896. The Kier molecular flexibility index (Phi) is 4.76. The Labute approximate surface area is 126 Å². The molecule has 0 aliphatic heterocycles. The fourth-order valence-corrected chi connectivity index (χ4v) is 2.31. The zero-order chi connectivity index (χ0) is 14.5. The molecular formula is C15H15BrN2O2. The van der Waals surface area contributed by atoms with Gasteiger partial charge in [0, 0.05) is 23.5 Å². The second-order valence-electron chi connectivity index (χ2n) is 4.20. The standard InChI is InChI=1S/C15H15BrN2O2/c1-10(19)18-13-6-2-3-7-15(13)20-14-8-4-5-12(16)11(14)9-17/h2-8H,9,17H2,1H3,(H,18,19). The average molecular weight is 335 g/mol. The van der Waals surface area contributed by atoms with Crippen LogP contribution in [-0.2, 0) is 11.3 Å². The largest absolute Gasteiger partial charge is 0.455 e. The zero-order valence-electron chi connectivity index (χ0n) is 11.0. The van der Waals surface area contributed by atoms with Crippen LogP contribution in [0.5, 0.6) is 11.5 Å². The van der Waals surface area contributed by atoms with Crippen LogP contribution in [0.3, 0.4) is 0 Å². The molecule has 0 radical (unpaired) electrons. The number of para-hydroxylation sites is 2. The molecule has 2 aromatic carbocycles. The van der Waals surface area contributed by atoms with Gasteiger partial charge >= 0.3 is 0 Å². The predicted octanol–water partition coefficient (Wildman–Crippen LogP) is 3.66. The Balaban J connectivity index is 2.35. The molecule has 2 rings (SSSR count). The molecule has 0 saturated heterocycles. The number of halogens is 1. The maximum atomic E-state index is 11.2. The van der Waals surface area contributed by atoms with Gasteiger partial charge in [0.05, 0.1) is 5.69 Å². The minimum absolute atomic E-state index is 0.144. The van der Waals surface area contributed by atoms with Crippen molar-refractivity contribution in [2.24, 2.45) is 5.73 Å². The van der Waals surface area contributed by atoms with Crippen LogP contribution in [-0.4, -0.2) is 5.91 Å². The highest BCUT2D eigenvalue weighted by atomic mass is 79.9. The molecule has 0 fully saturated rings. The SMILES string of the molecule is CC(=O)Nc1ccccc1Oc1cccc(Br)c1CN. The van der Waals surface area contributed by atoms with Crippen LogP contribution in [0.15, 0.2) is 46.9 Å². The number of carbonyl (C=O) groups is 1. The Hall–Kier alpha value is -1.85. The first-order valence-electron chi connectivity index (χ1n) is 6.13. The van der Waals surface area contributed by atoms with Gasteiger partial charge in [-0.2, -0.15) is 0 Å². The van der Waals surface area contributed by atoms with Crippen molar-refractivity contribution in [3.63, 3.8) is 0 Å². The third kappa shape index (κ3) is 3.37. The topological polar surface area (TPSA) is 64.3 Å². The van der Waals surface area contributed by atoms with E-state index >= 15 is 0 Å². The molecule has 0 aliphatic carbocycles. The Morgan fingerprint density at radius 1 is 1.20 bits per heavy atom. The molecule has 0 saturated carbocycles. The molecule has 0 spiro atoms. The maximum absolute atomic E-state index is 11.2. The molecule has 0 bridgehead atoms. The van der Waals surface area contributed by atoms with Gasteiger partial charge in [0.25, 0.3) is 0 Å². The highest BCUT2D eigenvalue weighted by molar-refractivity contribution is 9.10. The van der Waals surface area contributed by atoms with Gasteiger partial charge in [0.15, 0.2) is 5.75 Å². The molecule has 20 heavy (non-hydrogen) atoms. The van der Waals surface area contributed by atoms with Crippen molar-refractivity contribution in [2.75, 3.05) is 5.32 Å². The number of hydrogen-bond acceptors (Lipinski definition) is 3. The van der Waals surface area contributed by atoms with Crippen LogP contribution in [0.4, 0.5) is 5.69 Å². The minimum Gasteiger partial charge on any atom is -0.455 e. The first-order chi connectivity index (χ1) is 9.61. The summed E-state index contributed by atoms with van der Waals surface area (Å²) in [5, 5.41) is 2.74. The molecule has 0 aliphatic rings. The van der Waals surface area contributed by atoms with Crippen molar-refractivity contribution in [3.8, 4) is 11.5 Å². The van der Waals surface area contributed by atoms with E-state index in [4.69, 9.17) is 10.5 Å². The average Bonchev–Trinajstić information content (AvgIpc) is 2.41. The van der Waals surface area contributed by atoms with Crippen molar-refractivity contribution in [2.45, 2.75) is 13.5 Å². The summed E-state index contributed by atoms with van der Waals surface area (Å²) in [4.78, 5) is 11.2. The van der Waals surface area contributed by atoms with E-state index in [9.17, 15) is 4.79 Å². The number of ether oxygens (including phenoxy) is 1. The Morgan fingerprint density at radius 3 is 2.60 bits per heavy atom. The van der Waals surface area contributed by atoms with Gasteiger partial charge in [-0.15, -0.1) is 0 Å². The fraction of sp³-hybridized carbons (Fsp3) is 0.133. The number of anilines is 1. The minimum atomic E-state index is -0.144. The van der Waals surface area contributed by atoms with E-state index in [1.165, 1.54) is 6.92 Å². The number of hydrogen-bond donors (Lipinski definition) is 2. The summed E-state index contributed by atoms with van der Waals surface area (Å²) in [6.45, 7) is 1.82. The summed E-state index contributed by atoms with van der Waals surface area (Å²) in [6, 6.07) is 12.9. The van der Waals surface area contributed by atoms with Crippen LogP contribution < -0.4 is 15.8 Å². The Morgan fingerprint density at radius 2 is 1.90 bits per heavy atom. The van der Waals surface area contributed by atoms with Crippen molar-refractivity contribution in [1.29, 1.82) is 0 Å². The molecule has 0 aromatic heterocycles. The van der Waals surface area contributed by atoms with E-state index in [1.54, 1.807) is 12.1 Å². The lowest BCUT2D eigenvalue weighted by atomic mass is 10.2. The fourth-order valence-electron chi connectivity index (χ4n) is 1.80. The van der Waals surface area contributed by atoms with E-state index in [2.05, 4.69) is 21.2 Å². The van der Waals surface area contributed by atoms with Crippen molar-refractivity contribution >= 4 is 27.5 Å². The zero-order valence-corrected chi connectivity index (χ0v) is 12.6. The van der Waals surface area contributed by atoms with Crippen LogP contribution >= 0.6 is 15.9 Å². The lowest BCUT2D eigenvalue weighted by Crippen LogP contribution is -2.07. The first kappa shape index (κ1) is 14.6. The molecule has 3 N–H and O–H groups in total. The van der Waals surface area contributed by atoms with Gasteiger partial charge in [0.1, 0.15) is 5.75 Å². The summed E-state index contributed by atoms with van der Waals surface area (Å²) < 4.78 is 6.79. The molecule has 4 nitrogen and oxygen atoms in total. The van der Waals surface area contributed by atoms with Gasteiger partial charge in [0.2, 0.25) is 5.91 Å². The third-order valence-corrected chi connectivity index (χ3v) is 3.44. The molecule has 0 heterocycles. The van der Waals surface area contributed by atoms with Crippen LogP contribution in [0.25, 0.3) is 0 Å². The van der Waals surface area contributed by atoms with Crippen molar-refractivity contribution in [3.05, 3.63) is 52.5 Å². The molecular weight excluding hydrogens is 320 g/mol.